The van der Waals surface area contributed by atoms with Gasteiger partial charge in [-0.15, -0.1) is 0 Å². The van der Waals surface area contributed by atoms with Crippen LogP contribution in [0.15, 0.2) is 53.6 Å². The van der Waals surface area contributed by atoms with Crippen LogP contribution in [0.2, 0.25) is 0 Å². The van der Waals surface area contributed by atoms with Crippen LogP contribution in [0, 0.1) is 0 Å². The highest BCUT2D eigenvalue weighted by Gasteiger charge is 2.11. The van der Waals surface area contributed by atoms with E-state index in [9.17, 15) is 9.90 Å². The lowest BCUT2D eigenvalue weighted by Gasteiger charge is -2.05. The van der Waals surface area contributed by atoms with Gasteiger partial charge in [-0.05, 0) is 55.8 Å². The zero-order chi connectivity index (χ0) is 20.6. The number of ether oxygens (including phenoxy) is 2. The largest absolute Gasteiger partial charge is 0.504 e. The predicted octanol–water partition coefficient (Wildman–Crippen LogP) is 3.34. The highest BCUT2D eigenvalue weighted by Crippen LogP contribution is 2.26. The molecular weight excluding hydrogens is 372 g/mol. The summed E-state index contributed by atoms with van der Waals surface area (Å²) in [5.41, 5.74) is 4.85. The Bertz CT molecular complexity index is 1010. The minimum absolute atomic E-state index is 0.0476. The number of hydrogen-bond acceptors (Lipinski definition) is 6. The number of H-pyrrole nitrogens is 1. The van der Waals surface area contributed by atoms with Crippen LogP contribution in [-0.4, -0.2) is 40.6 Å². The van der Waals surface area contributed by atoms with Gasteiger partial charge in [-0.1, -0.05) is 12.1 Å². The van der Waals surface area contributed by atoms with Crippen LogP contribution in [0.5, 0.6) is 17.2 Å². The van der Waals surface area contributed by atoms with Gasteiger partial charge in [-0.3, -0.25) is 9.89 Å². The predicted molar refractivity (Wildman–Crippen MR) is 110 cm³/mol. The number of nitrogens with one attached hydrogen (secondary N) is 2. The number of hydrogen-bond donors (Lipinski definition) is 3. The number of rotatable bonds is 8. The Balaban J connectivity index is 1.65. The molecule has 3 N–H and O–H groups in total. The van der Waals surface area contributed by atoms with Crippen LogP contribution < -0.4 is 14.9 Å². The average molecular weight is 394 g/mol. The lowest BCUT2D eigenvalue weighted by Crippen LogP contribution is -2.18. The Labute approximate surface area is 168 Å². The number of benzene rings is 2. The molecule has 0 aliphatic carbocycles. The summed E-state index contributed by atoms with van der Waals surface area (Å²) in [6.07, 6.45) is 1.46. The molecule has 150 valence electrons. The van der Waals surface area contributed by atoms with Crippen molar-refractivity contribution in [1.82, 2.24) is 15.6 Å². The van der Waals surface area contributed by atoms with E-state index in [1.807, 2.05) is 38.1 Å². The number of hydrazone groups is 1. The van der Waals surface area contributed by atoms with Crippen molar-refractivity contribution < 1.29 is 19.4 Å². The van der Waals surface area contributed by atoms with E-state index in [1.165, 1.54) is 12.3 Å². The van der Waals surface area contributed by atoms with Crippen molar-refractivity contribution in [2.45, 2.75) is 13.8 Å². The minimum Gasteiger partial charge on any atom is -0.504 e. The first kappa shape index (κ1) is 19.9. The van der Waals surface area contributed by atoms with E-state index in [-0.39, 0.29) is 11.4 Å². The third kappa shape index (κ3) is 5.13. The van der Waals surface area contributed by atoms with Crippen LogP contribution >= 0.6 is 0 Å². The fraction of sp³-hybridized carbons (Fsp3) is 0.190. The lowest BCUT2D eigenvalue weighted by molar-refractivity contribution is 0.0950. The van der Waals surface area contributed by atoms with Crippen LogP contribution in [0.25, 0.3) is 11.3 Å². The first-order chi connectivity index (χ1) is 14.1. The smallest absolute Gasteiger partial charge is 0.289 e. The van der Waals surface area contributed by atoms with Gasteiger partial charge in [0.15, 0.2) is 11.5 Å². The second-order valence-corrected chi connectivity index (χ2v) is 5.99. The highest BCUT2D eigenvalue weighted by atomic mass is 16.5. The number of amides is 1. The number of aromatic amines is 1. The van der Waals surface area contributed by atoms with Crippen LogP contribution in [-0.2, 0) is 0 Å². The van der Waals surface area contributed by atoms with Gasteiger partial charge >= 0.3 is 0 Å². The number of carbonyl (C=O) groups excluding carboxylic acids is 1. The second-order valence-electron chi connectivity index (χ2n) is 5.99. The fourth-order valence-corrected chi connectivity index (χ4v) is 2.61. The topological polar surface area (TPSA) is 109 Å². The van der Waals surface area contributed by atoms with E-state index in [4.69, 9.17) is 9.47 Å². The zero-order valence-corrected chi connectivity index (χ0v) is 16.2. The number of aromatic nitrogens is 2. The lowest BCUT2D eigenvalue weighted by atomic mass is 10.1. The van der Waals surface area contributed by atoms with Crippen molar-refractivity contribution in [3.05, 3.63) is 59.8 Å². The molecule has 2 aromatic carbocycles. The maximum atomic E-state index is 12.3. The maximum Gasteiger partial charge on any atom is 0.289 e. The SMILES string of the molecule is CCOc1cccc(-c2cc(C(=O)N/N=C\c3ccc(O)c(OCC)c3)[nH]n2)c1. The first-order valence-electron chi connectivity index (χ1n) is 9.18. The van der Waals surface area contributed by atoms with E-state index in [0.29, 0.717) is 30.2 Å². The number of nitrogens with zero attached hydrogens (tertiary/aromatic N) is 2. The molecule has 1 heterocycles. The van der Waals surface area contributed by atoms with Crippen molar-refractivity contribution >= 4 is 12.1 Å². The third-order valence-corrected chi connectivity index (χ3v) is 3.93. The summed E-state index contributed by atoms with van der Waals surface area (Å²) < 4.78 is 10.8. The number of phenolic OH excluding ortho intramolecular Hbond substituents is 1. The van der Waals surface area contributed by atoms with Gasteiger partial charge in [0, 0.05) is 5.56 Å². The van der Waals surface area contributed by atoms with Crippen LogP contribution in [0.3, 0.4) is 0 Å². The summed E-state index contributed by atoms with van der Waals surface area (Å²) in [6.45, 7) is 4.75. The molecule has 0 saturated heterocycles. The second kappa shape index (κ2) is 9.41. The molecule has 29 heavy (non-hydrogen) atoms. The molecular formula is C21H22N4O4. The standard InChI is InChI=1S/C21H22N4O4/c1-3-28-16-7-5-6-15(11-16)17-12-18(24-23-17)21(27)25-22-13-14-8-9-19(26)20(10-14)29-4-2/h5-13,26H,3-4H2,1-2H3,(H,23,24)(H,25,27)/b22-13-. The number of carbonyl (C=O) groups is 1. The maximum absolute atomic E-state index is 12.3. The normalized spacial score (nSPS) is 10.8. The Kier molecular flexibility index (Phi) is 6.47. The molecule has 0 spiro atoms. The quantitative estimate of drug-likeness (QED) is 0.401. The van der Waals surface area contributed by atoms with Gasteiger partial charge in [0.05, 0.1) is 25.1 Å². The average Bonchev–Trinajstić information content (AvgIpc) is 3.21. The molecule has 0 bridgehead atoms. The van der Waals surface area contributed by atoms with E-state index < -0.39 is 5.91 Å². The molecule has 1 aromatic heterocycles. The summed E-state index contributed by atoms with van der Waals surface area (Å²) in [4.78, 5) is 12.3. The summed E-state index contributed by atoms with van der Waals surface area (Å²) in [7, 11) is 0. The van der Waals surface area contributed by atoms with Crippen LogP contribution in [0.1, 0.15) is 29.9 Å². The number of aromatic hydroxyl groups is 1. The monoisotopic (exact) mass is 394 g/mol. The molecule has 1 amide bonds. The molecule has 0 unspecified atom stereocenters. The molecule has 0 saturated carbocycles. The summed E-state index contributed by atoms with van der Waals surface area (Å²) >= 11 is 0. The van der Waals surface area contributed by atoms with Gasteiger partial charge in [0.1, 0.15) is 11.4 Å². The van der Waals surface area contributed by atoms with Gasteiger partial charge < -0.3 is 14.6 Å². The number of phenols is 1. The Hall–Kier alpha value is -3.81. The van der Waals surface area contributed by atoms with Gasteiger partial charge in [0.2, 0.25) is 0 Å². The Morgan fingerprint density at radius 1 is 1.17 bits per heavy atom. The van der Waals surface area contributed by atoms with E-state index in [0.717, 1.165) is 11.3 Å². The minimum atomic E-state index is -0.426. The zero-order valence-electron chi connectivity index (χ0n) is 16.2. The van der Waals surface area contributed by atoms with Gasteiger partial charge in [0.25, 0.3) is 5.91 Å². The van der Waals surface area contributed by atoms with Gasteiger partial charge in [-0.25, -0.2) is 5.43 Å². The molecule has 3 rings (SSSR count). The summed E-state index contributed by atoms with van der Waals surface area (Å²) in [5, 5.41) is 20.5. The molecule has 0 atom stereocenters. The summed E-state index contributed by atoms with van der Waals surface area (Å²) in [5.74, 6) is 0.718. The molecule has 0 radical (unpaired) electrons. The molecule has 8 heteroatoms. The van der Waals surface area contributed by atoms with E-state index >= 15 is 0 Å². The molecule has 0 aliphatic heterocycles. The highest BCUT2D eigenvalue weighted by molar-refractivity contribution is 5.94. The van der Waals surface area contributed by atoms with Crippen molar-refractivity contribution in [1.29, 1.82) is 0 Å². The molecule has 8 nitrogen and oxygen atoms in total. The van der Waals surface area contributed by atoms with Crippen molar-refractivity contribution in [2.75, 3.05) is 13.2 Å². The van der Waals surface area contributed by atoms with E-state index in [2.05, 4.69) is 20.7 Å². The van der Waals surface area contributed by atoms with Gasteiger partial charge in [-0.2, -0.15) is 10.2 Å². The van der Waals surface area contributed by atoms with Crippen molar-refractivity contribution in [3.8, 4) is 28.5 Å². The van der Waals surface area contributed by atoms with Crippen molar-refractivity contribution in [2.24, 2.45) is 5.10 Å². The Morgan fingerprint density at radius 2 is 2.00 bits per heavy atom. The first-order valence-corrected chi connectivity index (χ1v) is 9.18. The summed E-state index contributed by atoms with van der Waals surface area (Å²) in [6, 6.07) is 13.9. The Morgan fingerprint density at radius 3 is 2.79 bits per heavy atom. The van der Waals surface area contributed by atoms with E-state index in [1.54, 1.807) is 18.2 Å². The molecule has 0 aliphatic rings. The molecule has 0 fully saturated rings. The van der Waals surface area contributed by atoms with Crippen molar-refractivity contribution in [3.63, 3.8) is 0 Å². The fourth-order valence-electron chi connectivity index (χ4n) is 2.61. The van der Waals surface area contributed by atoms with Crippen LogP contribution in [0.4, 0.5) is 0 Å². The molecule has 3 aromatic rings. The third-order valence-electron chi connectivity index (χ3n) is 3.93.